The number of amides is 1. The van der Waals surface area contributed by atoms with Gasteiger partial charge < -0.3 is 14.8 Å². The molecule has 2 rings (SSSR count). The standard InChI is InChI=1S/C19H23NO3/c1-13-5-8-16(9-6-13)15(3)20-19(21)12-23-17-10-7-14(2)11-18(17)22-4/h5-11,15H,12H2,1-4H3,(H,20,21). The van der Waals surface area contributed by atoms with Crippen molar-refractivity contribution in [2.45, 2.75) is 26.8 Å². The van der Waals surface area contributed by atoms with Gasteiger partial charge in [0.2, 0.25) is 0 Å². The SMILES string of the molecule is COc1cc(C)ccc1OCC(=O)NC(C)c1ccc(C)cc1. The smallest absolute Gasteiger partial charge is 0.258 e. The second-order valence-corrected chi connectivity index (χ2v) is 5.64. The molecule has 0 aliphatic heterocycles. The summed E-state index contributed by atoms with van der Waals surface area (Å²) in [5.74, 6) is 1.03. The highest BCUT2D eigenvalue weighted by molar-refractivity contribution is 5.78. The van der Waals surface area contributed by atoms with Crippen molar-refractivity contribution < 1.29 is 14.3 Å². The monoisotopic (exact) mass is 313 g/mol. The number of hydrogen-bond donors (Lipinski definition) is 1. The summed E-state index contributed by atoms with van der Waals surface area (Å²) < 4.78 is 10.8. The van der Waals surface area contributed by atoms with Gasteiger partial charge in [-0.3, -0.25) is 4.79 Å². The van der Waals surface area contributed by atoms with Gasteiger partial charge in [-0.2, -0.15) is 0 Å². The minimum absolute atomic E-state index is 0.0460. The number of aryl methyl sites for hydroxylation is 2. The molecule has 0 aliphatic carbocycles. The fourth-order valence-electron chi connectivity index (χ4n) is 2.26. The molecule has 1 atom stereocenters. The Kier molecular flexibility index (Phi) is 5.63. The fraction of sp³-hybridized carbons (Fsp3) is 0.316. The first-order chi connectivity index (χ1) is 11.0. The van der Waals surface area contributed by atoms with Gasteiger partial charge in [-0.25, -0.2) is 0 Å². The third-order valence-corrected chi connectivity index (χ3v) is 3.63. The van der Waals surface area contributed by atoms with Gasteiger partial charge in [-0.1, -0.05) is 35.9 Å². The van der Waals surface area contributed by atoms with Crippen LogP contribution in [0.2, 0.25) is 0 Å². The number of hydrogen-bond acceptors (Lipinski definition) is 3. The molecular weight excluding hydrogens is 290 g/mol. The highest BCUT2D eigenvalue weighted by Gasteiger charge is 2.11. The van der Waals surface area contributed by atoms with Crippen LogP contribution in [-0.4, -0.2) is 19.6 Å². The summed E-state index contributed by atoms with van der Waals surface area (Å²) in [6.45, 7) is 5.92. The highest BCUT2D eigenvalue weighted by Crippen LogP contribution is 2.27. The Morgan fingerprint density at radius 3 is 2.35 bits per heavy atom. The lowest BCUT2D eigenvalue weighted by Crippen LogP contribution is -2.31. The normalized spacial score (nSPS) is 11.7. The van der Waals surface area contributed by atoms with Crippen LogP contribution < -0.4 is 14.8 Å². The zero-order valence-corrected chi connectivity index (χ0v) is 14.1. The molecule has 0 heterocycles. The minimum atomic E-state index is -0.166. The first-order valence-electron chi connectivity index (χ1n) is 7.63. The Bertz CT molecular complexity index is 665. The van der Waals surface area contributed by atoms with Crippen molar-refractivity contribution in [3.63, 3.8) is 0 Å². The van der Waals surface area contributed by atoms with Gasteiger partial charge in [-0.05, 0) is 44.0 Å². The predicted octanol–water partition coefficient (Wildman–Crippen LogP) is 3.57. The summed E-state index contributed by atoms with van der Waals surface area (Å²) in [6, 6.07) is 13.6. The lowest BCUT2D eigenvalue weighted by atomic mass is 10.1. The molecule has 0 aromatic heterocycles. The van der Waals surface area contributed by atoms with E-state index in [2.05, 4.69) is 5.32 Å². The van der Waals surface area contributed by atoms with Crippen LogP contribution in [0.15, 0.2) is 42.5 Å². The first-order valence-corrected chi connectivity index (χ1v) is 7.63. The molecule has 1 amide bonds. The van der Waals surface area contributed by atoms with Crippen LogP contribution in [0, 0.1) is 13.8 Å². The molecule has 2 aromatic rings. The number of carbonyl (C=O) groups excluding carboxylic acids is 1. The van der Waals surface area contributed by atoms with Gasteiger partial charge in [-0.15, -0.1) is 0 Å². The third kappa shape index (κ3) is 4.74. The van der Waals surface area contributed by atoms with Crippen LogP contribution in [0.1, 0.15) is 29.7 Å². The molecule has 4 heteroatoms. The van der Waals surface area contributed by atoms with Crippen molar-refractivity contribution in [3.8, 4) is 11.5 Å². The average Bonchev–Trinajstić information content (AvgIpc) is 2.54. The van der Waals surface area contributed by atoms with E-state index in [1.165, 1.54) is 5.56 Å². The Balaban J connectivity index is 1.91. The summed E-state index contributed by atoms with van der Waals surface area (Å²) in [5, 5.41) is 2.93. The molecule has 0 aliphatic rings. The third-order valence-electron chi connectivity index (χ3n) is 3.63. The van der Waals surface area contributed by atoms with E-state index in [1.807, 2.05) is 63.2 Å². The van der Waals surface area contributed by atoms with Crippen LogP contribution in [0.5, 0.6) is 11.5 Å². The minimum Gasteiger partial charge on any atom is -0.493 e. The predicted molar refractivity (Wildman–Crippen MR) is 91.0 cm³/mol. The largest absolute Gasteiger partial charge is 0.493 e. The Morgan fingerprint density at radius 2 is 1.70 bits per heavy atom. The van der Waals surface area contributed by atoms with Crippen LogP contribution >= 0.6 is 0 Å². The van der Waals surface area contributed by atoms with Crippen molar-refractivity contribution in [2.24, 2.45) is 0 Å². The van der Waals surface area contributed by atoms with E-state index in [4.69, 9.17) is 9.47 Å². The lowest BCUT2D eigenvalue weighted by Gasteiger charge is -2.16. The molecule has 0 radical (unpaired) electrons. The Hall–Kier alpha value is -2.49. The molecule has 23 heavy (non-hydrogen) atoms. The number of rotatable bonds is 6. The van der Waals surface area contributed by atoms with E-state index >= 15 is 0 Å². The van der Waals surface area contributed by atoms with Crippen LogP contribution in [0.25, 0.3) is 0 Å². The maximum absolute atomic E-state index is 12.1. The number of methoxy groups -OCH3 is 1. The van der Waals surface area contributed by atoms with Crippen molar-refractivity contribution >= 4 is 5.91 Å². The van der Waals surface area contributed by atoms with Gasteiger partial charge in [0.25, 0.3) is 5.91 Å². The molecule has 2 aromatic carbocycles. The Labute approximate surface area is 137 Å². The van der Waals surface area contributed by atoms with Crippen LogP contribution in [-0.2, 0) is 4.79 Å². The zero-order chi connectivity index (χ0) is 16.8. The second kappa shape index (κ2) is 7.68. The van der Waals surface area contributed by atoms with Crippen molar-refractivity contribution in [1.29, 1.82) is 0 Å². The number of nitrogens with one attached hydrogen (secondary N) is 1. The average molecular weight is 313 g/mol. The fourth-order valence-corrected chi connectivity index (χ4v) is 2.26. The lowest BCUT2D eigenvalue weighted by molar-refractivity contribution is -0.123. The molecule has 0 spiro atoms. The topological polar surface area (TPSA) is 47.6 Å². The van der Waals surface area contributed by atoms with E-state index in [0.29, 0.717) is 11.5 Å². The molecule has 1 unspecified atom stereocenters. The van der Waals surface area contributed by atoms with E-state index in [9.17, 15) is 4.79 Å². The maximum Gasteiger partial charge on any atom is 0.258 e. The zero-order valence-electron chi connectivity index (χ0n) is 14.1. The molecule has 0 bridgehead atoms. The van der Waals surface area contributed by atoms with Crippen molar-refractivity contribution in [3.05, 3.63) is 59.2 Å². The summed E-state index contributed by atoms with van der Waals surface area (Å²) in [7, 11) is 1.58. The van der Waals surface area contributed by atoms with Gasteiger partial charge in [0.1, 0.15) is 0 Å². The van der Waals surface area contributed by atoms with Crippen LogP contribution in [0.3, 0.4) is 0 Å². The molecule has 1 N–H and O–H groups in total. The number of benzene rings is 2. The van der Waals surface area contributed by atoms with Gasteiger partial charge in [0, 0.05) is 0 Å². The van der Waals surface area contributed by atoms with E-state index < -0.39 is 0 Å². The summed E-state index contributed by atoms with van der Waals surface area (Å²) >= 11 is 0. The van der Waals surface area contributed by atoms with Crippen molar-refractivity contribution in [2.75, 3.05) is 13.7 Å². The van der Waals surface area contributed by atoms with E-state index in [0.717, 1.165) is 11.1 Å². The second-order valence-electron chi connectivity index (χ2n) is 5.64. The summed E-state index contributed by atoms with van der Waals surface area (Å²) in [4.78, 5) is 12.1. The molecular formula is C19H23NO3. The van der Waals surface area contributed by atoms with E-state index in [1.54, 1.807) is 7.11 Å². The molecule has 4 nitrogen and oxygen atoms in total. The summed E-state index contributed by atoms with van der Waals surface area (Å²) in [6.07, 6.45) is 0. The van der Waals surface area contributed by atoms with E-state index in [-0.39, 0.29) is 18.6 Å². The maximum atomic E-state index is 12.1. The van der Waals surface area contributed by atoms with Crippen molar-refractivity contribution in [1.82, 2.24) is 5.32 Å². The quantitative estimate of drug-likeness (QED) is 0.887. The van der Waals surface area contributed by atoms with Crippen LogP contribution in [0.4, 0.5) is 0 Å². The molecule has 122 valence electrons. The molecule has 0 fully saturated rings. The number of carbonyl (C=O) groups is 1. The van der Waals surface area contributed by atoms with Gasteiger partial charge >= 0.3 is 0 Å². The Morgan fingerprint density at radius 1 is 1.04 bits per heavy atom. The first kappa shape index (κ1) is 16.9. The molecule has 0 saturated carbocycles. The molecule has 0 saturated heterocycles. The number of ether oxygens (including phenoxy) is 2. The van der Waals surface area contributed by atoms with Gasteiger partial charge in [0.15, 0.2) is 18.1 Å². The highest BCUT2D eigenvalue weighted by atomic mass is 16.5. The van der Waals surface area contributed by atoms with Gasteiger partial charge in [0.05, 0.1) is 13.2 Å². The summed E-state index contributed by atoms with van der Waals surface area (Å²) in [5.41, 5.74) is 3.34.